The number of amides is 1. The summed E-state index contributed by atoms with van der Waals surface area (Å²) in [7, 11) is 0. The number of pyridine rings is 1. The summed E-state index contributed by atoms with van der Waals surface area (Å²) in [5.41, 5.74) is 4.96. The number of carbonyl (C=O) groups is 1. The van der Waals surface area contributed by atoms with Crippen molar-refractivity contribution in [2.24, 2.45) is 5.10 Å². The van der Waals surface area contributed by atoms with Crippen LogP contribution < -0.4 is 15.7 Å². The Morgan fingerprint density at radius 2 is 1.86 bits per heavy atom. The van der Waals surface area contributed by atoms with E-state index < -0.39 is 5.91 Å². The van der Waals surface area contributed by atoms with Crippen LogP contribution in [0.15, 0.2) is 76.8 Å². The second-order valence-electron chi connectivity index (χ2n) is 6.51. The van der Waals surface area contributed by atoms with E-state index in [1.165, 1.54) is 16.8 Å². The van der Waals surface area contributed by atoms with Gasteiger partial charge in [0.1, 0.15) is 11.3 Å². The fourth-order valence-electron chi connectivity index (χ4n) is 2.82. The molecule has 0 spiro atoms. The molecule has 0 bridgehead atoms. The number of nitrogens with one attached hydrogen (secondary N) is 1. The van der Waals surface area contributed by atoms with E-state index in [2.05, 4.69) is 10.5 Å². The monoisotopic (exact) mass is 389 g/mol. The first-order chi connectivity index (χ1) is 14.1. The predicted molar refractivity (Wildman–Crippen MR) is 114 cm³/mol. The van der Waals surface area contributed by atoms with Gasteiger partial charge in [0, 0.05) is 11.8 Å². The van der Waals surface area contributed by atoms with Crippen molar-refractivity contribution in [3.8, 4) is 5.75 Å². The van der Waals surface area contributed by atoms with Crippen molar-refractivity contribution < 1.29 is 9.53 Å². The van der Waals surface area contributed by atoms with Gasteiger partial charge in [0.15, 0.2) is 0 Å². The normalized spacial score (nSPS) is 10.8. The summed E-state index contributed by atoms with van der Waals surface area (Å²) in [6.07, 6.45) is 3.16. The highest BCUT2D eigenvalue weighted by Gasteiger charge is 2.11. The Labute approximate surface area is 169 Å². The number of hydrogen-bond acceptors (Lipinski definition) is 4. The quantitative estimate of drug-likeness (QED) is 0.497. The summed E-state index contributed by atoms with van der Waals surface area (Å²) in [6, 6.07) is 18.5. The highest BCUT2D eigenvalue weighted by atomic mass is 16.5. The predicted octanol–water partition coefficient (Wildman–Crippen LogP) is 3.37. The Balaban J connectivity index is 1.73. The fourth-order valence-corrected chi connectivity index (χ4v) is 2.82. The molecule has 29 heavy (non-hydrogen) atoms. The van der Waals surface area contributed by atoms with Gasteiger partial charge in [-0.15, -0.1) is 0 Å². The highest BCUT2D eigenvalue weighted by molar-refractivity contribution is 5.94. The summed E-state index contributed by atoms with van der Waals surface area (Å²) in [5.74, 6) is 0.117. The smallest absolute Gasteiger partial charge is 0.276 e. The van der Waals surface area contributed by atoms with Crippen LogP contribution in [0.1, 0.15) is 34.0 Å². The molecule has 0 aliphatic carbocycles. The van der Waals surface area contributed by atoms with E-state index in [-0.39, 0.29) is 11.1 Å². The lowest BCUT2D eigenvalue weighted by molar-refractivity contribution is 0.0953. The van der Waals surface area contributed by atoms with Gasteiger partial charge in [-0.3, -0.25) is 9.59 Å². The van der Waals surface area contributed by atoms with Crippen LogP contribution in [-0.4, -0.2) is 23.3 Å². The van der Waals surface area contributed by atoms with Gasteiger partial charge in [-0.2, -0.15) is 5.10 Å². The molecule has 0 radical (unpaired) electrons. The minimum absolute atomic E-state index is 0.0369. The third kappa shape index (κ3) is 5.19. The minimum atomic E-state index is -0.557. The second kappa shape index (κ2) is 9.50. The molecule has 2 aromatic carbocycles. The van der Waals surface area contributed by atoms with Crippen molar-refractivity contribution in [1.29, 1.82) is 0 Å². The van der Waals surface area contributed by atoms with E-state index >= 15 is 0 Å². The Hall–Kier alpha value is -3.67. The van der Waals surface area contributed by atoms with Crippen LogP contribution in [0.25, 0.3) is 0 Å². The van der Waals surface area contributed by atoms with E-state index in [4.69, 9.17) is 4.74 Å². The van der Waals surface area contributed by atoms with Crippen LogP contribution in [0, 0.1) is 6.92 Å². The Morgan fingerprint density at radius 3 is 2.62 bits per heavy atom. The summed E-state index contributed by atoms with van der Waals surface area (Å²) in [6.45, 7) is 4.83. The van der Waals surface area contributed by atoms with Crippen LogP contribution >= 0.6 is 0 Å². The van der Waals surface area contributed by atoms with Crippen LogP contribution in [0.2, 0.25) is 0 Å². The number of aryl methyl sites for hydroxylation is 1. The number of aromatic nitrogens is 1. The van der Waals surface area contributed by atoms with Crippen molar-refractivity contribution in [2.75, 3.05) is 6.61 Å². The number of hydrazone groups is 1. The lowest BCUT2D eigenvalue weighted by Crippen LogP contribution is -2.30. The van der Waals surface area contributed by atoms with Gasteiger partial charge < -0.3 is 9.30 Å². The molecule has 1 aromatic heterocycles. The molecule has 0 saturated heterocycles. The van der Waals surface area contributed by atoms with Gasteiger partial charge in [-0.25, -0.2) is 5.43 Å². The van der Waals surface area contributed by atoms with Gasteiger partial charge in [0.2, 0.25) is 0 Å². The molecule has 6 heteroatoms. The summed E-state index contributed by atoms with van der Waals surface area (Å²) in [5, 5.41) is 3.97. The second-order valence-corrected chi connectivity index (χ2v) is 6.51. The topological polar surface area (TPSA) is 72.7 Å². The lowest BCUT2D eigenvalue weighted by Gasteiger charge is -2.08. The van der Waals surface area contributed by atoms with Crippen LogP contribution in [0.5, 0.6) is 5.75 Å². The Bertz CT molecular complexity index is 1070. The van der Waals surface area contributed by atoms with Crippen LogP contribution in [0.4, 0.5) is 0 Å². The van der Waals surface area contributed by atoms with E-state index in [1.54, 1.807) is 12.3 Å². The molecule has 3 aromatic rings. The number of carbonyl (C=O) groups excluding carboxylic acids is 1. The molecule has 1 N–H and O–H groups in total. The molecule has 0 atom stereocenters. The molecule has 0 fully saturated rings. The molecular weight excluding hydrogens is 366 g/mol. The zero-order valence-electron chi connectivity index (χ0n) is 16.5. The summed E-state index contributed by atoms with van der Waals surface area (Å²) < 4.78 is 7.03. The number of ether oxygens (including phenoxy) is 1. The first-order valence-corrected chi connectivity index (χ1v) is 9.38. The van der Waals surface area contributed by atoms with Gasteiger partial charge in [0.25, 0.3) is 11.5 Å². The highest BCUT2D eigenvalue weighted by Crippen LogP contribution is 2.15. The maximum Gasteiger partial charge on any atom is 0.276 e. The molecule has 1 amide bonds. The molecule has 3 rings (SSSR count). The van der Waals surface area contributed by atoms with Crippen molar-refractivity contribution in [2.45, 2.75) is 20.4 Å². The zero-order valence-corrected chi connectivity index (χ0v) is 16.5. The Kier molecular flexibility index (Phi) is 6.58. The third-order valence-electron chi connectivity index (χ3n) is 4.33. The molecular formula is C23H23N3O3. The van der Waals surface area contributed by atoms with Gasteiger partial charge in [-0.1, -0.05) is 42.0 Å². The van der Waals surface area contributed by atoms with Gasteiger partial charge >= 0.3 is 0 Å². The van der Waals surface area contributed by atoms with E-state index in [0.29, 0.717) is 18.9 Å². The average molecular weight is 389 g/mol. The maximum absolute atomic E-state index is 12.7. The third-order valence-corrected chi connectivity index (χ3v) is 4.33. The minimum Gasteiger partial charge on any atom is -0.493 e. The summed E-state index contributed by atoms with van der Waals surface area (Å²) >= 11 is 0. The largest absolute Gasteiger partial charge is 0.493 e. The summed E-state index contributed by atoms with van der Waals surface area (Å²) in [4.78, 5) is 25.1. The van der Waals surface area contributed by atoms with Crippen molar-refractivity contribution in [3.63, 3.8) is 0 Å². The molecule has 0 unspecified atom stereocenters. The number of rotatable bonds is 7. The van der Waals surface area contributed by atoms with Crippen LogP contribution in [0.3, 0.4) is 0 Å². The standard InChI is InChI=1S/C23H23N3O3/c1-3-29-21-9-5-4-7-19(21)15-24-25-22(27)20-8-6-14-26(23(20)28)16-18-12-10-17(2)11-13-18/h4-15H,3,16H2,1-2H3,(H,25,27)/b24-15-. The Morgan fingerprint density at radius 1 is 1.10 bits per heavy atom. The molecule has 0 aliphatic rings. The van der Waals surface area contributed by atoms with Gasteiger partial charge in [0.05, 0.1) is 19.4 Å². The molecule has 1 heterocycles. The molecule has 0 saturated carbocycles. The first-order valence-electron chi connectivity index (χ1n) is 9.38. The number of benzene rings is 2. The van der Waals surface area contributed by atoms with E-state index in [9.17, 15) is 9.59 Å². The van der Waals surface area contributed by atoms with Crippen LogP contribution in [-0.2, 0) is 6.54 Å². The molecule has 148 valence electrons. The van der Waals surface area contributed by atoms with Crippen molar-refractivity contribution >= 4 is 12.1 Å². The zero-order chi connectivity index (χ0) is 20.6. The maximum atomic E-state index is 12.7. The van der Waals surface area contributed by atoms with E-state index in [1.807, 2.05) is 62.4 Å². The first kappa shape index (κ1) is 20.1. The number of para-hydroxylation sites is 1. The molecule has 6 nitrogen and oxygen atoms in total. The number of hydrogen-bond donors (Lipinski definition) is 1. The number of nitrogens with zero attached hydrogens (tertiary/aromatic N) is 2. The average Bonchev–Trinajstić information content (AvgIpc) is 2.72. The van der Waals surface area contributed by atoms with Gasteiger partial charge in [-0.05, 0) is 43.7 Å². The lowest BCUT2D eigenvalue weighted by atomic mass is 10.1. The van der Waals surface area contributed by atoms with Crippen molar-refractivity contribution in [1.82, 2.24) is 9.99 Å². The SMILES string of the molecule is CCOc1ccccc1/C=N\NC(=O)c1cccn(Cc2ccc(C)cc2)c1=O. The van der Waals surface area contributed by atoms with E-state index in [0.717, 1.165) is 16.7 Å². The van der Waals surface area contributed by atoms with Crippen molar-refractivity contribution in [3.05, 3.63) is 99.5 Å². The fraction of sp³-hybridized carbons (Fsp3) is 0.174. The molecule has 0 aliphatic heterocycles.